The van der Waals surface area contributed by atoms with Gasteiger partial charge in [-0.3, -0.25) is 4.79 Å². The van der Waals surface area contributed by atoms with Gasteiger partial charge in [0, 0.05) is 18.8 Å². The van der Waals surface area contributed by atoms with Crippen LogP contribution in [0.5, 0.6) is 0 Å². The fourth-order valence-corrected chi connectivity index (χ4v) is 4.27. The number of nitrogens with one attached hydrogen (secondary N) is 1. The molecule has 0 saturated carbocycles. The number of nitrogens with zero attached hydrogens (tertiary/aromatic N) is 4. The number of halogens is 3. The van der Waals surface area contributed by atoms with E-state index in [1.54, 1.807) is 12.1 Å². The minimum Gasteiger partial charge on any atom is -0.367 e. The third-order valence-electron chi connectivity index (χ3n) is 5.49. The van der Waals surface area contributed by atoms with Gasteiger partial charge >= 0.3 is 11.5 Å². The molecule has 186 valence electrons. The van der Waals surface area contributed by atoms with Crippen LogP contribution in [0.3, 0.4) is 0 Å². The number of nitriles is 1. The summed E-state index contributed by atoms with van der Waals surface area (Å²) in [4.78, 5) is 31.6. The van der Waals surface area contributed by atoms with Crippen LogP contribution in [0.15, 0.2) is 47.5 Å². The number of urea groups is 1. The van der Waals surface area contributed by atoms with Gasteiger partial charge in [0.2, 0.25) is 0 Å². The number of rotatable bonds is 7. The van der Waals surface area contributed by atoms with Crippen LogP contribution in [0.2, 0.25) is 0 Å². The molecule has 1 atom stereocenters. The molecule has 3 amide bonds. The second-order valence-corrected chi connectivity index (χ2v) is 10.4. The standard InChI is InChI=1S/C22H22F3N5O4S/c1-14(8-10-26)28-18-12-15(9-11-27-18)13-29-20(32)30(19(31)21(29,2)3)16-4-6-17(7-5-16)35(33,34)22(23,24)25/h4-7,9,11-12,14H,8,13H2,1-3H3,(H,27,28)/t14-/m0/s1. The number of amides is 3. The Labute approximate surface area is 200 Å². The zero-order valence-electron chi connectivity index (χ0n) is 19.0. The molecule has 1 aliphatic heterocycles. The fourth-order valence-electron chi connectivity index (χ4n) is 3.51. The predicted octanol–water partition coefficient (Wildman–Crippen LogP) is 3.84. The molecular weight excluding hydrogens is 487 g/mol. The highest BCUT2D eigenvalue weighted by Gasteiger charge is 2.52. The summed E-state index contributed by atoms with van der Waals surface area (Å²) >= 11 is 0. The lowest BCUT2D eigenvalue weighted by molar-refractivity contribution is -0.123. The van der Waals surface area contributed by atoms with E-state index < -0.39 is 37.7 Å². The number of carbonyl (C=O) groups is 2. The number of anilines is 2. The number of pyridine rings is 1. The molecule has 1 N–H and O–H groups in total. The van der Waals surface area contributed by atoms with Gasteiger partial charge in [-0.1, -0.05) is 0 Å². The quantitative estimate of drug-likeness (QED) is 0.563. The number of hydrogen-bond donors (Lipinski definition) is 1. The van der Waals surface area contributed by atoms with Crippen LogP contribution in [0.4, 0.5) is 29.5 Å². The highest BCUT2D eigenvalue weighted by atomic mass is 32.2. The van der Waals surface area contributed by atoms with Crippen molar-refractivity contribution in [3.05, 3.63) is 48.2 Å². The van der Waals surface area contributed by atoms with Gasteiger partial charge in [0.25, 0.3) is 15.7 Å². The molecular formula is C22H22F3N5O4S. The van der Waals surface area contributed by atoms with E-state index in [2.05, 4.69) is 10.3 Å². The SMILES string of the molecule is C[C@@H](CC#N)Nc1cc(CN2C(=O)N(c3ccc(S(=O)(=O)C(F)(F)F)cc3)C(=O)C2(C)C)ccn1. The lowest BCUT2D eigenvalue weighted by Gasteiger charge is -2.27. The summed E-state index contributed by atoms with van der Waals surface area (Å²) in [6.07, 6.45) is 1.78. The van der Waals surface area contributed by atoms with Crippen molar-refractivity contribution < 1.29 is 31.2 Å². The molecule has 13 heteroatoms. The van der Waals surface area contributed by atoms with E-state index in [-0.39, 0.29) is 24.7 Å². The van der Waals surface area contributed by atoms with E-state index in [0.29, 0.717) is 23.5 Å². The summed E-state index contributed by atoms with van der Waals surface area (Å²) < 4.78 is 61.6. The van der Waals surface area contributed by atoms with E-state index in [4.69, 9.17) is 5.26 Å². The van der Waals surface area contributed by atoms with Gasteiger partial charge in [0.15, 0.2) is 0 Å². The Bertz CT molecular complexity index is 1290. The van der Waals surface area contributed by atoms with Crippen LogP contribution < -0.4 is 10.2 Å². The first-order valence-electron chi connectivity index (χ1n) is 10.4. The van der Waals surface area contributed by atoms with Gasteiger partial charge in [0.1, 0.15) is 11.4 Å². The largest absolute Gasteiger partial charge is 0.501 e. The van der Waals surface area contributed by atoms with Crippen molar-refractivity contribution in [3.8, 4) is 6.07 Å². The Morgan fingerprint density at radius 2 is 1.80 bits per heavy atom. The average molecular weight is 510 g/mol. The zero-order valence-corrected chi connectivity index (χ0v) is 19.8. The van der Waals surface area contributed by atoms with Gasteiger partial charge in [0.05, 0.1) is 23.1 Å². The predicted molar refractivity (Wildman–Crippen MR) is 120 cm³/mol. The number of imide groups is 1. The molecule has 0 radical (unpaired) electrons. The number of sulfone groups is 1. The Kier molecular flexibility index (Phi) is 6.81. The molecule has 0 bridgehead atoms. The lowest BCUT2D eigenvalue weighted by Crippen LogP contribution is -2.43. The highest BCUT2D eigenvalue weighted by Crippen LogP contribution is 2.35. The summed E-state index contributed by atoms with van der Waals surface area (Å²) in [6, 6.07) is 7.90. The number of carbonyl (C=O) groups excluding carboxylic acids is 2. The van der Waals surface area contributed by atoms with E-state index in [9.17, 15) is 31.2 Å². The van der Waals surface area contributed by atoms with Crippen molar-refractivity contribution in [2.45, 2.75) is 55.7 Å². The molecule has 1 aromatic carbocycles. The van der Waals surface area contributed by atoms with Crippen molar-refractivity contribution in [3.63, 3.8) is 0 Å². The smallest absolute Gasteiger partial charge is 0.367 e. The molecule has 0 aliphatic carbocycles. The maximum absolute atomic E-state index is 13.2. The van der Waals surface area contributed by atoms with E-state index in [1.165, 1.54) is 24.9 Å². The van der Waals surface area contributed by atoms with Crippen LogP contribution in [0.25, 0.3) is 0 Å². The zero-order chi connectivity index (χ0) is 26.2. The minimum absolute atomic E-state index is 0.0262. The van der Waals surface area contributed by atoms with Crippen molar-refractivity contribution in [2.24, 2.45) is 0 Å². The lowest BCUT2D eigenvalue weighted by atomic mass is 10.0. The normalized spacial score (nSPS) is 16.8. The Morgan fingerprint density at radius 1 is 1.17 bits per heavy atom. The maximum Gasteiger partial charge on any atom is 0.501 e. The van der Waals surface area contributed by atoms with Gasteiger partial charge in [-0.25, -0.2) is 23.1 Å². The van der Waals surface area contributed by atoms with Crippen LogP contribution in [-0.2, 0) is 21.2 Å². The summed E-state index contributed by atoms with van der Waals surface area (Å²) in [7, 11) is -5.56. The molecule has 2 heterocycles. The monoisotopic (exact) mass is 509 g/mol. The Hall–Kier alpha value is -3.66. The third kappa shape index (κ3) is 4.93. The average Bonchev–Trinajstić information content (AvgIpc) is 2.93. The Morgan fingerprint density at radius 3 is 2.37 bits per heavy atom. The second-order valence-electron chi connectivity index (χ2n) is 8.47. The van der Waals surface area contributed by atoms with Crippen molar-refractivity contribution in [1.82, 2.24) is 9.88 Å². The highest BCUT2D eigenvalue weighted by molar-refractivity contribution is 7.92. The summed E-state index contributed by atoms with van der Waals surface area (Å²) in [5.74, 6) is -0.136. The number of alkyl halides is 3. The summed E-state index contributed by atoms with van der Waals surface area (Å²) in [5, 5.41) is 11.9. The van der Waals surface area contributed by atoms with Gasteiger partial charge in [-0.15, -0.1) is 0 Å². The maximum atomic E-state index is 13.2. The molecule has 2 aromatic rings. The van der Waals surface area contributed by atoms with Crippen LogP contribution in [-0.4, -0.2) is 47.3 Å². The molecule has 1 aromatic heterocycles. The first-order valence-corrected chi connectivity index (χ1v) is 11.8. The van der Waals surface area contributed by atoms with Gasteiger partial charge in [-0.2, -0.15) is 18.4 Å². The summed E-state index contributed by atoms with van der Waals surface area (Å²) in [5.41, 5.74) is -6.18. The minimum atomic E-state index is -5.56. The van der Waals surface area contributed by atoms with Crippen LogP contribution in [0.1, 0.15) is 32.8 Å². The third-order valence-corrected chi connectivity index (χ3v) is 6.99. The van der Waals surface area contributed by atoms with E-state index >= 15 is 0 Å². The molecule has 0 unspecified atom stereocenters. The van der Waals surface area contributed by atoms with Crippen molar-refractivity contribution in [1.29, 1.82) is 5.26 Å². The molecule has 1 fully saturated rings. The van der Waals surface area contributed by atoms with Gasteiger partial charge < -0.3 is 10.2 Å². The van der Waals surface area contributed by atoms with Crippen LogP contribution >= 0.6 is 0 Å². The molecule has 1 saturated heterocycles. The fraction of sp³-hybridized carbons (Fsp3) is 0.364. The number of benzene rings is 1. The number of aromatic nitrogens is 1. The summed E-state index contributed by atoms with van der Waals surface area (Å²) in [6.45, 7) is 4.90. The second kappa shape index (κ2) is 9.18. The Balaban J connectivity index is 1.86. The molecule has 1 aliphatic rings. The molecule has 9 nitrogen and oxygen atoms in total. The van der Waals surface area contributed by atoms with E-state index in [1.807, 2.05) is 13.0 Å². The van der Waals surface area contributed by atoms with Gasteiger partial charge in [-0.05, 0) is 62.7 Å². The molecule has 0 spiro atoms. The molecule has 3 rings (SSSR count). The van der Waals surface area contributed by atoms with Crippen molar-refractivity contribution in [2.75, 3.05) is 10.2 Å². The van der Waals surface area contributed by atoms with E-state index in [0.717, 1.165) is 17.0 Å². The molecule has 35 heavy (non-hydrogen) atoms. The van der Waals surface area contributed by atoms with Crippen LogP contribution in [0, 0.1) is 11.3 Å². The topological polar surface area (TPSA) is 123 Å². The van der Waals surface area contributed by atoms with Crippen molar-refractivity contribution >= 4 is 33.3 Å². The first kappa shape index (κ1) is 26.0. The number of hydrogen-bond acceptors (Lipinski definition) is 7. The first-order chi connectivity index (χ1) is 16.2.